The zero-order valence-corrected chi connectivity index (χ0v) is 9.58. The Hall–Kier alpha value is -1.94. The molecule has 1 heterocycles. The highest BCUT2D eigenvalue weighted by Crippen LogP contribution is 2.27. The molecule has 0 spiro atoms. The topological polar surface area (TPSA) is 13.1 Å². The van der Waals surface area contributed by atoms with Crippen molar-refractivity contribution in [3.8, 4) is 12.3 Å². The van der Waals surface area contributed by atoms with Crippen LogP contribution in [0.2, 0.25) is 0 Å². The molecule has 1 heteroatoms. The summed E-state index contributed by atoms with van der Waals surface area (Å²) in [7, 11) is 0. The molecular formula is C15H14O. The van der Waals surface area contributed by atoms with E-state index in [-0.39, 0.29) is 0 Å². The molecule has 2 aromatic rings. The first-order valence-electron chi connectivity index (χ1n) is 5.41. The summed E-state index contributed by atoms with van der Waals surface area (Å²) in [6, 6.07) is 8.07. The van der Waals surface area contributed by atoms with Crippen molar-refractivity contribution >= 4 is 17.0 Å². The van der Waals surface area contributed by atoms with Gasteiger partial charge < -0.3 is 4.42 Å². The summed E-state index contributed by atoms with van der Waals surface area (Å²) in [6.07, 6.45) is 8.22. The molecule has 1 nitrogen and oxygen atoms in total. The number of benzene rings is 1. The molecule has 16 heavy (non-hydrogen) atoms. The fraction of sp³-hybridized carbons (Fsp3) is 0.200. The molecule has 0 atom stereocenters. The quantitative estimate of drug-likeness (QED) is 0.682. The van der Waals surface area contributed by atoms with Crippen LogP contribution in [0.4, 0.5) is 0 Å². The number of para-hydroxylation sites is 1. The Labute approximate surface area is 95.8 Å². The largest absolute Gasteiger partial charge is 0.456 e. The summed E-state index contributed by atoms with van der Waals surface area (Å²) in [5.41, 5.74) is 3.04. The second-order valence-electron chi connectivity index (χ2n) is 3.77. The van der Waals surface area contributed by atoms with Crippen LogP contribution < -0.4 is 0 Å². The summed E-state index contributed by atoms with van der Waals surface area (Å²) in [4.78, 5) is 0. The van der Waals surface area contributed by atoms with Crippen molar-refractivity contribution in [2.24, 2.45) is 0 Å². The first-order chi connectivity index (χ1) is 7.76. The number of rotatable bonds is 2. The first kappa shape index (κ1) is 10.6. The van der Waals surface area contributed by atoms with Crippen LogP contribution in [0.15, 0.2) is 34.3 Å². The van der Waals surface area contributed by atoms with E-state index in [4.69, 9.17) is 10.8 Å². The Bertz CT molecular complexity index is 579. The lowest BCUT2D eigenvalue weighted by Gasteiger charge is -1.94. The summed E-state index contributed by atoms with van der Waals surface area (Å²) >= 11 is 0. The number of hydrogen-bond acceptors (Lipinski definition) is 1. The third kappa shape index (κ3) is 1.75. The Morgan fingerprint density at radius 3 is 2.88 bits per heavy atom. The fourth-order valence-corrected chi connectivity index (χ4v) is 1.84. The maximum atomic E-state index is 5.79. The minimum Gasteiger partial charge on any atom is -0.456 e. The van der Waals surface area contributed by atoms with Gasteiger partial charge >= 0.3 is 0 Å². The molecule has 0 aliphatic rings. The van der Waals surface area contributed by atoms with Gasteiger partial charge in [0.25, 0.3) is 0 Å². The maximum Gasteiger partial charge on any atom is 0.135 e. The highest BCUT2D eigenvalue weighted by molar-refractivity contribution is 5.85. The Kier molecular flexibility index (Phi) is 2.83. The van der Waals surface area contributed by atoms with Crippen molar-refractivity contribution in [3.05, 3.63) is 41.2 Å². The van der Waals surface area contributed by atoms with Gasteiger partial charge in [-0.25, -0.2) is 0 Å². The number of aryl methyl sites for hydroxylation is 1. The van der Waals surface area contributed by atoms with Crippen LogP contribution in [0.5, 0.6) is 0 Å². The van der Waals surface area contributed by atoms with Gasteiger partial charge in [-0.15, -0.1) is 6.42 Å². The fourth-order valence-electron chi connectivity index (χ4n) is 1.84. The molecular weight excluding hydrogens is 196 g/mol. The van der Waals surface area contributed by atoms with E-state index in [9.17, 15) is 0 Å². The van der Waals surface area contributed by atoms with Gasteiger partial charge in [-0.1, -0.05) is 31.0 Å². The third-order valence-corrected chi connectivity index (χ3v) is 2.66. The molecule has 0 N–H and O–H groups in total. The summed E-state index contributed by atoms with van der Waals surface area (Å²) in [5, 5.41) is 1.18. The van der Waals surface area contributed by atoms with Crippen molar-refractivity contribution in [2.45, 2.75) is 20.3 Å². The van der Waals surface area contributed by atoms with Gasteiger partial charge in [-0.05, 0) is 25.5 Å². The van der Waals surface area contributed by atoms with Crippen LogP contribution in [0.3, 0.4) is 0 Å². The molecule has 0 unspecified atom stereocenters. The molecule has 0 aliphatic heterocycles. The maximum absolute atomic E-state index is 5.79. The number of hydrogen-bond donors (Lipinski definition) is 0. The highest BCUT2D eigenvalue weighted by atomic mass is 16.3. The summed E-state index contributed by atoms with van der Waals surface area (Å²) in [6.45, 7) is 4.03. The van der Waals surface area contributed by atoms with Gasteiger partial charge in [-0.2, -0.15) is 0 Å². The van der Waals surface area contributed by atoms with Gasteiger partial charge in [0.1, 0.15) is 11.3 Å². The van der Waals surface area contributed by atoms with Gasteiger partial charge in [0, 0.05) is 16.5 Å². The molecule has 1 aromatic carbocycles. The van der Waals surface area contributed by atoms with Gasteiger partial charge in [-0.3, -0.25) is 0 Å². The minimum absolute atomic E-state index is 0.883. The van der Waals surface area contributed by atoms with Crippen molar-refractivity contribution in [2.75, 3.05) is 0 Å². The van der Waals surface area contributed by atoms with Crippen LogP contribution in [0.1, 0.15) is 25.2 Å². The average molecular weight is 210 g/mol. The van der Waals surface area contributed by atoms with E-state index >= 15 is 0 Å². The molecule has 0 fully saturated rings. The number of fused-ring (bicyclic) bond motifs is 1. The van der Waals surface area contributed by atoms with E-state index in [1.54, 1.807) is 0 Å². The zero-order valence-electron chi connectivity index (χ0n) is 9.58. The van der Waals surface area contributed by atoms with Crippen LogP contribution in [-0.2, 0) is 6.42 Å². The molecule has 1 aromatic heterocycles. The minimum atomic E-state index is 0.883. The Balaban J connectivity index is 2.67. The zero-order chi connectivity index (χ0) is 11.5. The second-order valence-corrected chi connectivity index (χ2v) is 3.77. The van der Waals surface area contributed by atoms with E-state index in [1.165, 1.54) is 10.9 Å². The monoisotopic (exact) mass is 210 g/mol. The smallest absolute Gasteiger partial charge is 0.135 e. The van der Waals surface area contributed by atoms with E-state index in [2.05, 4.69) is 18.9 Å². The predicted octanol–water partition coefficient (Wildman–Crippen LogP) is 4.03. The van der Waals surface area contributed by atoms with Crippen LogP contribution >= 0.6 is 0 Å². The lowest BCUT2D eigenvalue weighted by molar-refractivity contribution is 0.599. The molecule has 0 saturated carbocycles. The van der Waals surface area contributed by atoms with E-state index < -0.39 is 0 Å². The molecule has 0 aliphatic carbocycles. The van der Waals surface area contributed by atoms with Crippen molar-refractivity contribution in [1.29, 1.82) is 0 Å². The van der Waals surface area contributed by atoms with Crippen molar-refractivity contribution in [1.82, 2.24) is 0 Å². The number of terminal acetylenes is 1. The van der Waals surface area contributed by atoms with E-state index in [0.29, 0.717) is 0 Å². The van der Waals surface area contributed by atoms with Gasteiger partial charge in [0.05, 0.1) is 0 Å². The number of furan rings is 1. The van der Waals surface area contributed by atoms with E-state index in [1.807, 2.05) is 31.2 Å². The molecule has 0 amide bonds. The standard InChI is InChI=1S/C15H14O/c1-4-11(3)10-15-12(5-2)13-8-6-7-9-14(13)16-15/h1,6-10H,5H2,2-3H3/b11-10+. The Morgan fingerprint density at radius 2 is 2.19 bits per heavy atom. The lowest BCUT2D eigenvalue weighted by atomic mass is 10.1. The number of allylic oxidation sites excluding steroid dienone is 1. The average Bonchev–Trinajstić information content (AvgIpc) is 2.65. The van der Waals surface area contributed by atoms with Crippen LogP contribution in [0.25, 0.3) is 17.0 Å². The molecule has 2 rings (SSSR count). The molecule has 80 valence electrons. The Morgan fingerprint density at radius 1 is 1.44 bits per heavy atom. The predicted molar refractivity (Wildman–Crippen MR) is 68.1 cm³/mol. The summed E-state index contributed by atoms with van der Waals surface area (Å²) in [5.74, 6) is 3.50. The molecule has 0 saturated heterocycles. The van der Waals surface area contributed by atoms with Crippen LogP contribution in [-0.4, -0.2) is 0 Å². The lowest BCUT2D eigenvalue weighted by Crippen LogP contribution is -1.81. The summed E-state index contributed by atoms with van der Waals surface area (Å²) < 4.78 is 5.79. The van der Waals surface area contributed by atoms with Gasteiger partial charge in [0.2, 0.25) is 0 Å². The third-order valence-electron chi connectivity index (χ3n) is 2.66. The van der Waals surface area contributed by atoms with Gasteiger partial charge in [0.15, 0.2) is 0 Å². The van der Waals surface area contributed by atoms with Crippen molar-refractivity contribution < 1.29 is 4.42 Å². The highest BCUT2D eigenvalue weighted by Gasteiger charge is 2.09. The molecule has 0 radical (unpaired) electrons. The SMILES string of the molecule is C#C/C(C)=C/c1oc2ccccc2c1CC. The van der Waals surface area contributed by atoms with Crippen molar-refractivity contribution in [3.63, 3.8) is 0 Å². The normalized spacial score (nSPS) is 11.7. The second kappa shape index (κ2) is 4.28. The van der Waals surface area contributed by atoms with E-state index in [0.717, 1.165) is 23.3 Å². The first-order valence-corrected chi connectivity index (χ1v) is 5.41. The van der Waals surface area contributed by atoms with Crippen LogP contribution in [0, 0.1) is 12.3 Å². The molecule has 0 bridgehead atoms.